The highest BCUT2D eigenvalue weighted by molar-refractivity contribution is 7.99. The van der Waals surface area contributed by atoms with E-state index in [9.17, 15) is 4.79 Å². The van der Waals surface area contributed by atoms with E-state index in [0.29, 0.717) is 0 Å². The third kappa shape index (κ3) is 3.79. The van der Waals surface area contributed by atoms with E-state index in [1.54, 1.807) is 24.5 Å². The maximum absolute atomic E-state index is 10.9. The van der Waals surface area contributed by atoms with Crippen LogP contribution in [-0.4, -0.2) is 21.0 Å². The molecule has 4 nitrogen and oxygen atoms in total. The molecule has 0 aliphatic rings. The van der Waals surface area contributed by atoms with Gasteiger partial charge in [0.05, 0.1) is 5.56 Å². The quantitative estimate of drug-likeness (QED) is 0.848. The minimum absolute atomic E-state index is 0.285. The summed E-state index contributed by atoms with van der Waals surface area (Å²) in [6.45, 7) is 2.10. The Labute approximate surface area is 115 Å². The van der Waals surface area contributed by atoms with Gasteiger partial charge in [-0.3, -0.25) is 0 Å². The van der Waals surface area contributed by atoms with E-state index in [1.807, 2.05) is 12.1 Å². The van der Waals surface area contributed by atoms with Gasteiger partial charge in [0.25, 0.3) is 0 Å². The summed E-state index contributed by atoms with van der Waals surface area (Å²) in [4.78, 5) is 20.2. The molecule has 5 heteroatoms. The number of benzene rings is 1. The molecule has 2 rings (SSSR count). The van der Waals surface area contributed by atoms with Crippen molar-refractivity contribution >= 4 is 17.7 Å². The first-order chi connectivity index (χ1) is 9.19. The van der Waals surface area contributed by atoms with E-state index in [-0.39, 0.29) is 5.56 Å². The molecule has 0 aliphatic heterocycles. The van der Waals surface area contributed by atoms with Crippen LogP contribution in [0.2, 0.25) is 0 Å². The summed E-state index contributed by atoms with van der Waals surface area (Å²) in [5.41, 5.74) is 1.29. The second-order valence-electron chi connectivity index (χ2n) is 4.03. The van der Waals surface area contributed by atoms with Gasteiger partial charge in [0.1, 0.15) is 11.4 Å². The van der Waals surface area contributed by atoms with Gasteiger partial charge >= 0.3 is 5.97 Å². The zero-order chi connectivity index (χ0) is 13.7. The van der Waals surface area contributed by atoms with Gasteiger partial charge in [0.15, 0.2) is 0 Å². The van der Waals surface area contributed by atoms with Crippen LogP contribution < -0.4 is 0 Å². The van der Waals surface area contributed by atoms with E-state index >= 15 is 0 Å². The number of rotatable bonds is 5. The van der Waals surface area contributed by atoms with Crippen molar-refractivity contribution in [1.29, 1.82) is 0 Å². The molecule has 0 saturated carbocycles. The summed E-state index contributed by atoms with van der Waals surface area (Å²) in [6.07, 6.45) is 3.51. The zero-order valence-corrected chi connectivity index (χ0v) is 11.4. The molecule has 1 aromatic heterocycles. The molecule has 0 atom stereocenters. The third-order valence-electron chi connectivity index (χ3n) is 2.51. The van der Waals surface area contributed by atoms with Gasteiger partial charge in [0.2, 0.25) is 0 Å². The average molecular weight is 274 g/mol. The highest BCUT2D eigenvalue weighted by Crippen LogP contribution is 2.26. The maximum atomic E-state index is 10.9. The Morgan fingerprint density at radius 3 is 2.89 bits per heavy atom. The van der Waals surface area contributed by atoms with Crippen LogP contribution in [0.3, 0.4) is 0 Å². The van der Waals surface area contributed by atoms with Gasteiger partial charge < -0.3 is 5.11 Å². The molecular weight excluding hydrogens is 260 g/mol. The molecule has 2 aromatic rings. The minimum atomic E-state index is -0.920. The highest BCUT2D eigenvalue weighted by atomic mass is 32.2. The lowest BCUT2D eigenvalue weighted by atomic mass is 10.2. The third-order valence-corrected chi connectivity index (χ3v) is 3.43. The summed E-state index contributed by atoms with van der Waals surface area (Å²) in [5, 5.41) is 9.79. The molecule has 1 aromatic carbocycles. The Hall–Kier alpha value is -1.88. The number of aromatic carboxylic acids is 1. The fraction of sp³-hybridized carbons (Fsp3) is 0.214. The Kier molecular flexibility index (Phi) is 4.52. The molecule has 0 spiro atoms. The topological polar surface area (TPSA) is 63.1 Å². The number of aryl methyl sites for hydroxylation is 1. The predicted octanol–water partition coefficient (Wildman–Crippen LogP) is 3.28. The summed E-state index contributed by atoms with van der Waals surface area (Å²) in [5.74, 6) is -0.920. The first kappa shape index (κ1) is 13.5. The molecule has 19 heavy (non-hydrogen) atoms. The normalized spacial score (nSPS) is 10.4. The number of carboxylic acid groups (broad SMARTS) is 1. The smallest absolute Gasteiger partial charge is 0.335 e. The predicted molar refractivity (Wildman–Crippen MR) is 73.6 cm³/mol. The second kappa shape index (κ2) is 6.33. The van der Waals surface area contributed by atoms with Crippen molar-refractivity contribution in [2.24, 2.45) is 0 Å². The molecule has 98 valence electrons. The van der Waals surface area contributed by atoms with Gasteiger partial charge in [-0.2, -0.15) is 0 Å². The summed E-state index contributed by atoms with van der Waals surface area (Å²) in [6, 6.07) is 8.78. The number of hydrogen-bond donors (Lipinski definition) is 1. The lowest BCUT2D eigenvalue weighted by Gasteiger charge is -2.03. The Morgan fingerprint density at radius 2 is 2.16 bits per heavy atom. The fourth-order valence-electron chi connectivity index (χ4n) is 1.64. The first-order valence-corrected chi connectivity index (χ1v) is 6.83. The standard InChI is InChI=1S/C14H14N2O2S/c1-2-4-11-8-13(16-9-15-11)19-12-6-3-5-10(7-12)14(17)18/h3,5-9H,2,4H2,1H3,(H,17,18). The lowest BCUT2D eigenvalue weighted by molar-refractivity contribution is 0.0696. The largest absolute Gasteiger partial charge is 0.478 e. The maximum Gasteiger partial charge on any atom is 0.335 e. The van der Waals surface area contributed by atoms with Crippen molar-refractivity contribution in [2.45, 2.75) is 29.7 Å². The van der Waals surface area contributed by atoms with Gasteiger partial charge in [0, 0.05) is 10.6 Å². The Morgan fingerprint density at radius 1 is 1.32 bits per heavy atom. The van der Waals surface area contributed by atoms with E-state index in [4.69, 9.17) is 5.11 Å². The van der Waals surface area contributed by atoms with Crippen LogP contribution in [0, 0.1) is 0 Å². The van der Waals surface area contributed by atoms with Crippen LogP contribution in [-0.2, 0) is 6.42 Å². The van der Waals surface area contributed by atoms with Crippen LogP contribution >= 0.6 is 11.8 Å². The van der Waals surface area contributed by atoms with Crippen molar-refractivity contribution in [3.8, 4) is 0 Å². The summed E-state index contributed by atoms with van der Waals surface area (Å²) in [7, 11) is 0. The Balaban J connectivity index is 2.18. The molecule has 0 aliphatic carbocycles. The van der Waals surface area contributed by atoms with Gasteiger partial charge in [-0.1, -0.05) is 31.2 Å². The number of carbonyl (C=O) groups is 1. The molecule has 1 heterocycles. The number of aromatic nitrogens is 2. The van der Waals surface area contributed by atoms with Crippen LogP contribution in [0.4, 0.5) is 0 Å². The van der Waals surface area contributed by atoms with Crippen molar-refractivity contribution in [3.63, 3.8) is 0 Å². The molecule has 0 fully saturated rings. The molecular formula is C14H14N2O2S. The fourth-order valence-corrected chi connectivity index (χ4v) is 2.51. The van der Waals surface area contributed by atoms with Gasteiger partial charge in [-0.05, 0) is 30.7 Å². The monoisotopic (exact) mass is 274 g/mol. The molecule has 0 unspecified atom stereocenters. The van der Waals surface area contributed by atoms with E-state index < -0.39 is 5.97 Å². The van der Waals surface area contributed by atoms with E-state index in [2.05, 4.69) is 16.9 Å². The minimum Gasteiger partial charge on any atom is -0.478 e. The number of nitrogens with zero attached hydrogens (tertiary/aromatic N) is 2. The SMILES string of the molecule is CCCc1cc(Sc2cccc(C(=O)O)c2)ncn1. The summed E-state index contributed by atoms with van der Waals surface area (Å²) < 4.78 is 0. The first-order valence-electron chi connectivity index (χ1n) is 6.01. The zero-order valence-electron chi connectivity index (χ0n) is 10.5. The molecule has 0 saturated heterocycles. The van der Waals surface area contributed by atoms with Crippen LogP contribution in [0.15, 0.2) is 46.6 Å². The summed E-state index contributed by atoms with van der Waals surface area (Å²) >= 11 is 1.44. The van der Waals surface area contributed by atoms with Gasteiger partial charge in [-0.25, -0.2) is 14.8 Å². The van der Waals surface area contributed by atoms with Crippen molar-refractivity contribution in [1.82, 2.24) is 9.97 Å². The van der Waals surface area contributed by atoms with Crippen LogP contribution in [0.1, 0.15) is 29.4 Å². The van der Waals surface area contributed by atoms with Crippen LogP contribution in [0.5, 0.6) is 0 Å². The Bertz CT molecular complexity index is 587. The number of carboxylic acids is 1. The van der Waals surface area contributed by atoms with Crippen molar-refractivity contribution < 1.29 is 9.90 Å². The molecule has 0 radical (unpaired) electrons. The van der Waals surface area contributed by atoms with Crippen LogP contribution in [0.25, 0.3) is 0 Å². The highest BCUT2D eigenvalue weighted by Gasteiger charge is 2.05. The molecule has 0 amide bonds. The number of hydrogen-bond acceptors (Lipinski definition) is 4. The molecule has 0 bridgehead atoms. The van der Waals surface area contributed by atoms with Crippen molar-refractivity contribution in [3.05, 3.63) is 47.9 Å². The lowest BCUT2D eigenvalue weighted by Crippen LogP contribution is -1.95. The van der Waals surface area contributed by atoms with Crippen molar-refractivity contribution in [2.75, 3.05) is 0 Å². The van der Waals surface area contributed by atoms with Gasteiger partial charge in [-0.15, -0.1) is 0 Å². The molecule has 1 N–H and O–H groups in total. The van der Waals surface area contributed by atoms with E-state index in [1.165, 1.54) is 11.8 Å². The van der Waals surface area contributed by atoms with E-state index in [0.717, 1.165) is 28.5 Å². The second-order valence-corrected chi connectivity index (χ2v) is 5.13. The average Bonchev–Trinajstić information content (AvgIpc) is 2.40.